The monoisotopic (exact) mass is 266 g/mol. The fourth-order valence-electron chi connectivity index (χ4n) is 1.97. The molecular formula is C15H14N4O. The number of hydrogen-bond acceptors (Lipinski definition) is 3. The molecule has 0 fully saturated rings. The molecule has 0 amide bonds. The predicted molar refractivity (Wildman–Crippen MR) is 78.0 cm³/mol. The normalized spacial score (nSPS) is 10.4. The summed E-state index contributed by atoms with van der Waals surface area (Å²) in [6.07, 6.45) is 6.89. The Kier molecular flexibility index (Phi) is 3.33. The number of benzene rings is 1. The Hall–Kier alpha value is -2.82. The lowest BCUT2D eigenvalue weighted by Crippen LogP contribution is -2.13. The van der Waals surface area contributed by atoms with Gasteiger partial charge in [-0.25, -0.2) is 4.79 Å². The van der Waals surface area contributed by atoms with Crippen LogP contribution in [0.1, 0.15) is 5.56 Å². The second kappa shape index (κ2) is 5.44. The zero-order chi connectivity index (χ0) is 13.8. The number of nitrogens with one attached hydrogen (secondary N) is 2. The van der Waals surface area contributed by atoms with E-state index in [0.29, 0.717) is 0 Å². The van der Waals surface area contributed by atoms with E-state index in [4.69, 9.17) is 0 Å². The number of pyridine rings is 1. The van der Waals surface area contributed by atoms with Gasteiger partial charge in [0.25, 0.3) is 0 Å². The van der Waals surface area contributed by atoms with Crippen molar-refractivity contribution < 1.29 is 0 Å². The van der Waals surface area contributed by atoms with Gasteiger partial charge in [0.15, 0.2) is 0 Å². The minimum Gasteiger partial charge on any atom is -0.381 e. The molecule has 0 unspecified atom stereocenters. The molecular weight excluding hydrogens is 252 g/mol. The van der Waals surface area contributed by atoms with Crippen molar-refractivity contribution in [3.63, 3.8) is 0 Å². The quantitative estimate of drug-likeness (QED) is 0.760. The Balaban J connectivity index is 1.71. The number of hydrogen-bond donors (Lipinski definition) is 2. The van der Waals surface area contributed by atoms with Crippen LogP contribution in [0.15, 0.2) is 66.0 Å². The van der Waals surface area contributed by atoms with Crippen LogP contribution in [0.5, 0.6) is 0 Å². The molecule has 100 valence electrons. The van der Waals surface area contributed by atoms with Gasteiger partial charge in [-0.3, -0.25) is 9.55 Å². The number of H-pyrrole nitrogens is 1. The van der Waals surface area contributed by atoms with Crippen molar-refractivity contribution >= 4 is 5.69 Å². The minimum atomic E-state index is -0.137. The average molecular weight is 266 g/mol. The second-order valence-corrected chi connectivity index (χ2v) is 4.39. The van der Waals surface area contributed by atoms with Crippen molar-refractivity contribution in [3.8, 4) is 5.69 Å². The summed E-state index contributed by atoms with van der Waals surface area (Å²) in [4.78, 5) is 18.1. The van der Waals surface area contributed by atoms with Crippen LogP contribution < -0.4 is 11.0 Å². The third-order valence-corrected chi connectivity index (χ3v) is 3.04. The van der Waals surface area contributed by atoms with Crippen LogP contribution in [0.25, 0.3) is 5.69 Å². The summed E-state index contributed by atoms with van der Waals surface area (Å²) in [7, 11) is 0. The Morgan fingerprint density at radius 3 is 2.50 bits per heavy atom. The van der Waals surface area contributed by atoms with Gasteiger partial charge in [-0.1, -0.05) is 0 Å². The highest BCUT2D eigenvalue weighted by molar-refractivity contribution is 5.49. The number of aromatic amines is 1. The number of rotatable bonds is 4. The van der Waals surface area contributed by atoms with Crippen LogP contribution in [0, 0.1) is 0 Å². The number of aromatic nitrogens is 3. The third kappa shape index (κ3) is 2.61. The van der Waals surface area contributed by atoms with Gasteiger partial charge < -0.3 is 10.3 Å². The van der Waals surface area contributed by atoms with Crippen molar-refractivity contribution in [3.05, 3.63) is 77.2 Å². The van der Waals surface area contributed by atoms with Gasteiger partial charge in [-0.15, -0.1) is 0 Å². The molecule has 1 aromatic carbocycles. The number of nitrogens with zero attached hydrogens (tertiary/aromatic N) is 2. The van der Waals surface area contributed by atoms with E-state index in [1.54, 1.807) is 29.4 Å². The minimum absolute atomic E-state index is 0.137. The number of imidazole rings is 1. The van der Waals surface area contributed by atoms with Crippen molar-refractivity contribution in [1.82, 2.24) is 14.5 Å². The molecule has 0 aliphatic rings. The van der Waals surface area contributed by atoms with Gasteiger partial charge in [0.2, 0.25) is 0 Å². The van der Waals surface area contributed by atoms with Crippen molar-refractivity contribution in [2.75, 3.05) is 5.32 Å². The van der Waals surface area contributed by atoms with Gasteiger partial charge >= 0.3 is 5.69 Å². The molecule has 0 aliphatic heterocycles. The van der Waals surface area contributed by atoms with E-state index in [2.05, 4.69) is 15.3 Å². The summed E-state index contributed by atoms with van der Waals surface area (Å²) in [5, 5.41) is 3.33. The van der Waals surface area contributed by atoms with Crippen LogP contribution in [-0.4, -0.2) is 14.5 Å². The molecule has 3 rings (SSSR count). The van der Waals surface area contributed by atoms with Gasteiger partial charge in [-0.05, 0) is 42.0 Å². The molecule has 20 heavy (non-hydrogen) atoms. The molecule has 0 saturated heterocycles. The Labute approximate surface area is 115 Å². The highest BCUT2D eigenvalue weighted by Gasteiger charge is 2.00. The van der Waals surface area contributed by atoms with Crippen molar-refractivity contribution in [2.24, 2.45) is 0 Å². The highest BCUT2D eigenvalue weighted by Crippen LogP contribution is 2.13. The summed E-state index contributed by atoms with van der Waals surface area (Å²) in [5.74, 6) is 0. The van der Waals surface area contributed by atoms with Crippen LogP contribution in [0.4, 0.5) is 5.69 Å². The Morgan fingerprint density at radius 2 is 1.85 bits per heavy atom. The van der Waals surface area contributed by atoms with E-state index in [0.717, 1.165) is 17.9 Å². The summed E-state index contributed by atoms with van der Waals surface area (Å²) >= 11 is 0. The van der Waals surface area contributed by atoms with E-state index >= 15 is 0 Å². The molecule has 3 aromatic rings. The SMILES string of the molecule is O=c1[nH]ccn1-c1ccc(NCc2ccncc2)cc1. The third-order valence-electron chi connectivity index (χ3n) is 3.04. The molecule has 5 heteroatoms. The first-order valence-corrected chi connectivity index (χ1v) is 6.32. The van der Waals surface area contributed by atoms with E-state index in [1.165, 1.54) is 5.56 Å². The molecule has 0 aliphatic carbocycles. The molecule has 2 aromatic heterocycles. The topological polar surface area (TPSA) is 62.7 Å². The molecule has 2 N–H and O–H groups in total. The fourth-order valence-corrected chi connectivity index (χ4v) is 1.97. The van der Waals surface area contributed by atoms with Gasteiger partial charge in [0.05, 0.1) is 5.69 Å². The van der Waals surface area contributed by atoms with Crippen molar-refractivity contribution in [1.29, 1.82) is 0 Å². The lowest BCUT2D eigenvalue weighted by molar-refractivity contribution is 0.987. The average Bonchev–Trinajstić information content (AvgIpc) is 2.93. The maximum Gasteiger partial charge on any atom is 0.330 e. The van der Waals surface area contributed by atoms with Crippen LogP contribution >= 0.6 is 0 Å². The lowest BCUT2D eigenvalue weighted by atomic mass is 10.2. The first kappa shape index (κ1) is 12.2. The molecule has 0 spiro atoms. The first-order chi connectivity index (χ1) is 9.83. The van der Waals surface area contributed by atoms with Gasteiger partial charge in [0, 0.05) is 37.0 Å². The van der Waals surface area contributed by atoms with Crippen LogP contribution in [0.3, 0.4) is 0 Å². The standard InChI is InChI=1S/C15H14N4O/c20-15-17-9-10-19(15)14-3-1-13(2-4-14)18-11-12-5-7-16-8-6-12/h1-10,18H,11H2,(H,17,20). The molecule has 0 saturated carbocycles. The summed E-state index contributed by atoms with van der Waals surface area (Å²) in [6, 6.07) is 11.7. The molecule has 2 heterocycles. The Morgan fingerprint density at radius 1 is 1.10 bits per heavy atom. The first-order valence-electron chi connectivity index (χ1n) is 6.32. The van der Waals surface area contributed by atoms with E-state index < -0.39 is 0 Å². The summed E-state index contributed by atoms with van der Waals surface area (Å²) in [6.45, 7) is 0.742. The summed E-state index contributed by atoms with van der Waals surface area (Å²) < 4.78 is 1.56. The zero-order valence-corrected chi connectivity index (χ0v) is 10.8. The van der Waals surface area contributed by atoms with E-state index in [1.807, 2.05) is 36.4 Å². The molecule has 5 nitrogen and oxygen atoms in total. The second-order valence-electron chi connectivity index (χ2n) is 4.39. The van der Waals surface area contributed by atoms with Crippen molar-refractivity contribution in [2.45, 2.75) is 6.54 Å². The number of anilines is 1. The van der Waals surface area contributed by atoms with Crippen LogP contribution in [-0.2, 0) is 6.54 Å². The Bertz CT molecular complexity index is 728. The largest absolute Gasteiger partial charge is 0.381 e. The maximum absolute atomic E-state index is 11.5. The summed E-state index contributed by atoms with van der Waals surface area (Å²) in [5.41, 5.74) is 2.88. The zero-order valence-electron chi connectivity index (χ0n) is 10.8. The molecule has 0 radical (unpaired) electrons. The molecule has 0 atom stereocenters. The van der Waals surface area contributed by atoms with E-state index in [-0.39, 0.29) is 5.69 Å². The predicted octanol–water partition coefficient (Wildman–Crippen LogP) is 2.17. The lowest BCUT2D eigenvalue weighted by Gasteiger charge is -2.07. The van der Waals surface area contributed by atoms with Gasteiger partial charge in [-0.2, -0.15) is 0 Å². The maximum atomic E-state index is 11.5. The molecule has 0 bridgehead atoms. The van der Waals surface area contributed by atoms with Gasteiger partial charge in [0.1, 0.15) is 0 Å². The highest BCUT2D eigenvalue weighted by atomic mass is 16.1. The van der Waals surface area contributed by atoms with Crippen LogP contribution in [0.2, 0.25) is 0 Å². The van der Waals surface area contributed by atoms with E-state index in [9.17, 15) is 4.79 Å². The smallest absolute Gasteiger partial charge is 0.330 e. The fraction of sp³-hybridized carbons (Fsp3) is 0.0667.